The quantitative estimate of drug-likeness (QED) is 0.642. The molecule has 1 N–H and O–H groups in total. The van der Waals surface area contributed by atoms with Gasteiger partial charge in [0.1, 0.15) is 0 Å². The molecule has 2 rings (SSSR count). The first-order valence-electron chi connectivity index (χ1n) is 4.72. The van der Waals surface area contributed by atoms with Gasteiger partial charge in [-0.25, -0.2) is 0 Å². The van der Waals surface area contributed by atoms with Gasteiger partial charge in [-0.05, 0) is 19.1 Å². The molecule has 0 bridgehead atoms. The number of morpholine rings is 1. The van der Waals surface area contributed by atoms with E-state index in [1.807, 2.05) is 11.8 Å². The summed E-state index contributed by atoms with van der Waals surface area (Å²) in [7, 11) is 0. The molecule has 0 unspecified atom stereocenters. The summed E-state index contributed by atoms with van der Waals surface area (Å²) < 4.78 is 5.26. The van der Waals surface area contributed by atoms with Crippen LogP contribution in [0.25, 0.3) is 0 Å². The highest BCUT2D eigenvalue weighted by Gasteiger charge is 2.39. The molecule has 0 amide bonds. The average molecular weight is 195 g/mol. The van der Waals surface area contributed by atoms with Crippen LogP contribution in [0.2, 0.25) is 0 Å². The summed E-state index contributed by atoms with van der Waals surface area (Å²) in [6.07, 6.45) is 4.18. The van der Waals surface area contributed by atoms with Crippen molar-refractivity contribution in [2.24, 2.45) is 0 Å². The van der Waals surface area contributed by atoms with Crippen molar-refractivity contribution >= 4 is 5.78 Å². The van der Waals surface area contributed by atoms with Crippen LogP contribution < -0.4 is 0 Å². The number of rotatable bonds is 1. The van der Waals surface area contributed by atoms with E-state index in [0.717, 1.165) is 6.54 Å². The highest BCUT2D eigenvalue weighted by atomic mass is 16.6. The van der Waals surface area contributed by atoms with Crippen LogP contribution in [0.3, 0.4) is 0 Å². The zero-order valence-corrected chi connectivity index (χ0v) is 8.06. The average Bonchev–Trinajstić information content (AvgIpc) is 2.18. The second-order valence-electron chi connectivity index (χ2n) is 3.39. The lowest BCUT2D eigenvalue weighted by atomic mass is 10.0. The lowest BCUT2D eigenvalue weighted by molar-refractivity contribution is -0.177. The van der Waals surface area contributed by atoms with Crippen molar-refractivity contribution in [3.05, 3.63) is 23.9 Å². The second kappa shape index (κ2) is 3.22. The molecule has 0 aromatic rings. The number of allylic oxidation sites excluding steroid dienone is 2. The summed E-state index contributed by atoms with van der Waals surface area (Å²) in [6.45, 7) is 3.93. The standard InChI is InChI=1S/C10H13NO3/c1-2-11-5-6-14-10(13)4-3-8(12)7-9(10)11/h3-4,7,13H,2,5-6H2,1H3/t10-/m0/s1. The lowest BCUT2D eigenvalue weighted by Crippen LogP contribution is -2.49. The molecule has 0 saturated carbocycles. The Hall–Kier alpha value is -1.13. The molecular formula is C10H13NO3. The number of likely N-dealkylation sites (N-methyl/N-ethyl adjacent to an activating group) is 1. The Balaban J connectivity index is 2.35. The molecule has 2 aliphatic rings. The molecule has 1 atom stereocenters. The SMILES string of the molecule is CCN1CCO[C@@]2(O)C=CC(=O)C=C12. The fourth-order valence-electron chi connectivity index (χ4n) is 1.77. The van der Waals surface area contributed by atoms with Gasteiger partial charge in [0.05, 0.1) is 12.3 Å². The van der Waals surface area contributed by atoms with Gasteiger partial charge in [0, 0.05) is 19.2 Å². The highest BCUT2D eigenvalue weighted by Crippen LogP contribution is 2.30. The summed E-state index contributed by atoms with van der Waals surface area (Å²) in [4.78, 5) is 13.1. The Bertz CT molecular complexity index is 321. The number of fused-ring (bicyclic) bond motifs is 1. The van der Waals surface area contributed by atoms with Gasteiger partial charge >= 0.3 is 0 Å². The van der Waals surface area contributed by atoms with E-state index in [1.165, 1.54) is 18.2 Å². The Labute approximate surface area is 82.5 Å². The Kier molecular flexibility index (Phi) is 2.17. The molecule has 1 saturated heterocycles. The van der Waals surface area contributed by atoms with E-state index in [4.69, 9.17) is 4.74 Å². The molecule has 0 radical (unpaired) electrons. The molecule has 1 heterocycles. The van der Waals surface area contributed by atoms with Gasteiger partial charge in [0.2, 0.25) is 5.79 Å². The van der Waals surface area contributed by atoms with E-state index in [0.29, 0.717) is 18.8 Å². The molecule has 14 heavy (non-hydrogen) atoms. The molecule has 76 valence electrons. The monoisotopic (exact) mass is 195 g/mol. The van der Waals surface area contributed by atoms with Gasteiger partial charge < -0.3 is 14.7 Å². The third-order valence-corrected chi connectivity index (χ3v) is 2.53. The van der Waals surface area contributed by atoms with Crippen LogP contribution in [0.4, 0.5) is 0 Å². The van der Waals surface area contributed by atoms with Crippen molar-refractivity contribution in [1.82, 2.24) is 4.90 Å². The van der Waals surface area contributed by atoms with Gasteiger partial charge in [-0.3, -0.25) is 4.79 Å². The number of nitrogens with zero attached hydrogens (tertiary/aromatic N) is 1. The highest BCUT2D eigenvalue weighted by molar-refractivity contribution is 6.01. The van der Waals surface area contributed by atoms with Crippen LogP contribution >= 0.6 is 0 Å². The molecule has 0 aromatic heterocycles. The Morgan fingerprint density at radius 3 is 3.21 bits per heavy atom. The zero-order chi connectivity index (χ0) is 10.2. The van der Waals surface area contributed by atoms with Crippen molar-refractivity contribution in [3.63, 3.8) is 0 Å². The van der Waals surface area contributed by atoms with Gasteiger partial charge in [-0.15, -0.1) is 0 Å². The van der Waals surface area contributed by atoms with E-state index < -0.39 is 5.79 Å². The summed E-state index contributed by atoms with van der Waals surface area (Å²) in [5.41, 5.74) is 0.554. The predicted octanol–water partition coefficient (Wildman–Crippen LogP) is 0.0499. The van der Waals surface area contributed by atoms with Crippen molar-refractivity contribution in [2.75, 3.05) is 19.7 Å². The van der Waals surface area contributed by atoms with Gasteiger partial charge in [0.15, 0.2) is 5.78 Å². The van der Waals surface area contributed by atoms with E-state index in [9.17, 15) is 9.90 Å². The largest absolute Gasteiger partial charge is 0.368 e. The molecule has 1 aliphatic carbocycles. The maximum atomic E-state index is 11.2. The predicted molar refractivity (Wildman–Crippen MR) is 50.4 cm³/mol. The van der Waals surface area contributed by atoms with Gasteiger partial charge in [0.25, 0.3) is 0 Å². The maximum absolute atomic E-state index is 11.2. The van der Waals surface area contributed by atoms with Gasteiger partial charge in [-0.1, -0.05) is 0 Å². The van der Waals surface area contributed by atoms with Crippen LogP contribution in [0.15, 0.2) is 23.9 Å². The normalized spacial score (nSPS) is 31.4. The number of carbonyl (C=O) groups excluding carboxylic acids is 1. The van der Waals surface area contributed by atoms with E-state index in [1.54, 1.807) is 0 Å². The number of aliphatic hydroxyl groups is 1. The molecule has 1 aliphatic heterocycles. The first-order chi connectivity index (χ1) is 6.65. The number of ether oxygens (including phenoxy) is 1. The van der Waals surface area contributed by atoms with Crippen molar-refractivity contribution in [3.8, 4) is 0 Å². The molecule has 4 heteroatoms. The smallest absolute Gasteiger partial charge is 0.228 e. The lowest BCUT2D eigenvalue weighted by Gasteiger charge is -2.41. The number of hydrogen-bond donors (Lipinski definition) is 1. The number of hydrogen-bond acceptors (Lipinski definition) is 4. The van der Waals surface area contributed by atoms with Crippen LogP contribution in [0, 0.1) is 0 Å². The summed E-state index contributed by atoms with van der Waals surface area (Å²) in [6, 6.07) is 0. The third kappa shape index (κ3) is 1.36. The Morgan fingerprint density at radius 2 is 2.50 bits per heavy atom. The number of carbonyl (C=O) groups is 1. The first kappa shape index (κ1) is 9.43. The minimum atomic E-state index is -1.39. The molecule has 1 fully saturated rings. The van der Waals surface area contributed by atoms with Crippen LogP contribution in [0.1, 0.15) is 6.92 Å². The van der Waals surface area contributed by atoms with E-state index in [2.05, 4.69) is 0 Å². The summed E-state index contributed by atoms with van der Waals surface area (Å²) in [5.74, 6) is -1.49. The van der Waals surface area contributed by atoms with E-state index >= 15 is 0 Å². The minimum absolute atomic E-state index is 0.103. The topological polar surface area (TPSA) is 49.8 Å². The minimum Gasteiger partial charge on any atom is -0.368 e. The van der Waals surface area contributed by atoms with Crippen LogP contribution in [0.5, 0.6) is 0 Å². The van der Waals surface area contributed by atoms with Crippen molar-refractivity contribution in [1.29, 1.82) is 0 Å². The fraction of sp³-hybridized carbons (Fsp3) is 0.500. The fourth-order valence-corrected chi connectivity index (χ4v) is 1.77. The molecule has 0 aromatic carbocycles. The van der Waals surface area contributed by atoms with Crippen molar-refractivity contribution in [2.45, 2.75) is 12.7 Å². The second-order valence-corrected chi connectivity index (χ2v) is 3.39. The Morgan fingerprint density at radius 1 is 1.71 bits per heavy atom. The summed E-state index contributed by atoms with van der Waals surface area (Å²) in [5, 5.41) is 10.0. The third-order valence-electron chi connectivity index (χ3n) is 2.53. The molecule has 0 spiro atoms. The first-order valence-corrected chi connectivity index (χ1v) is 4.72. The van der Waals surface area contributed by atoms with Crippen LogP contribution in [-0.4, -0.2) is 41.3 Å². The molecule has 4 nitrogen and oxygen atoms in total. The zero-order valence-electron chi connectivity index (χ0n) is 8.06. The van der Waals surface area contributed by atoms with Gasteiger partial charge in [-0.2, -0.15) is 0 Å². The van der Waals surface area contributed by atoms with Crippen LogP contribution in [-0.2, 0) is 9.53 Å². The maximum Gasteiger partial charge on any atom is 0.228 e. The van der Waals surface area contributed by atoms with E-state index in [-0.39, 0.29) is 5.78 Å². The number of ketones is 1. The summed E-state index contributed by atoms with van der Waals surface area (Å²) >= 11 is 0. The molecular weight excluding hydrogens is 182 g/mol. The van der Waals surface area contributed by atoms with Crippen molar-refractivity contribution < 1.29 is 14.6 Å².